The highest BCUT2D eigenvalue weighted by atomic mass is 35.5. The lowest BCUT2D eigenvalue weighted by molar-refractivity contribution is -0.141. The number of amides is 2. The molecule has 4 rings (SSSR count). The van der Waals surface area contributed by atoms with Crippen molar-refractivity contribution in [3.8, 4) is 0 Å². The van der Waals surface area contributed by atoms with Gasteiger partial charge in [0.05, 0.1) is 11.4 Å². The maximum Gasteiger partial charge on any atom is 0.243 e. The van der Waals surface area contributed by atoms with Crippen molar-refractivity contribution in [2.24, 2.45) is 0 Å². The van der Waals surface area contributed by atoms with Crippen LogP contribution in [0.15, 0.2) is 102 Å². The highest BCUT2D eigenvalue weighted by Crippen LogP contribution is 2.24. The first-order chi connectivity index (χ1) is 20.1. The lowest BCUT2D eigenvalue weighted by Gasteiger charge is -2.33. The largest absolute Gasteiger partial charge is 0.352 e. The molecule has 0 radical (unpaired) electrons. The Morgan fingerprint density at radius 3 is 2.21 bits per heavy atom. The van der Waals surface area contributed by atoms with Crippen molar-refractivity contribution in [1.29, 1.82) is 0 Å². The van der Waals surface area contributed by atoms with Crippen LogP contribution in [-0.2, 0) is 32.6 Å². The number of carbonyl (C=O) groups excluding carboxylic acids is 2. The first kappa shape index (κ1) is 31.2. The molecule has 0 bridgehead atoms. The third-order valence-electron chi connectivity index (χ3n) is 7.36. The quantitative estimate of drug-likeness (QED) is 0.225. The number of rotatable bonds is 12. The standard InChI is InChI=1S/C33H36ClN3O4S/c1-4-24(2)35-33(39)31(20-25-12-6-5-7-13-25)37(22-28-16-10-11-17-30(28)34)32(38)23-36(3)42(40,41)29-19-18-26-14-8-9-15-27(26)21-29/h5-19,21,24,31H,4,20,22-23H2,1-3H3,(H,35,39)/t24-,31+/m1/s1. The number of fused-ring (bicyclic) bond motifs is 1. The highest BCUT2D eigenvalue weighted by Gasteiger charge is 2.33. The van der Waals surface area contributed by atoms with E-state index in [1.54, 1.807) is 30.3 Å². The van der Waals surface area contributed by atoms with Gasteiger partial charge in [-0.15, -0.1) is 0 Å². The van der Waals surface area contributed by atoms with Crippen LogP contribution in [0.1, 0.15) is 31.4 Å². The number of halogens is 1. The summed E-state index contributed by atoms with van der Waals surface area (Å²) < 4.78 is 28.2. The Bertz CT molecular complexity index is 1650. The van der Waals surface area contributed by atoms with Gasteiger partial charge < -0.3 is 10.2 Å². The zero-order chi connectivity index (χ0) is 30.3. The van der Waals surface area contributed by atoms with E-state index >= 15 is 0 Å². The smallest absolute Gasteiger partial charge is 0.243 e. The van der Waals surface area contributed by atoms with Gasteiger partial charge in [-0.3, -0.25) is 9.59 Å². The second-order valence-corrected chi connectivity index (χ2v) is 12.9. The monoisotopic (exact) mass is 605 g/mol. The molecule has 1 N–H and O–H groups in total. The maximum absolute atomic E-state index is 14.0. The van der Waals surface area contributed by atoms with Crippen LogP contribution < -0.4 is 5.32 Å². The van der Waals surface area contributed by atoms with Crippen LogP contribution >= 0.6 is 11.6 Å². The summed E-state index contributed by atoms with van der Waals surface area (Å²) in [6, 6.07) is 27.9. The van der Waals surface area contributed by atoms with E-state index in [1.807, 2.05) is 74.5 Å². The van der Waals surface area contributed by atoms with Crippen LogP contribution in [-0.4, -0.2) is 55.1 Å². The SMILES string of the molecule is CC[C@@H](C)NC(=O)[C@H](Cc1ccccc1)N(Cc1ccccc1Cl)C(=O)CN(C)S(=O)(=O)c1ccc2ccccc2c1. The molecule has 42 heavy (non-hydrogen) atoms. The molecule has 0 aliphatic rings. The van der Waals surface area contributed by atoms with Gasteiger partial charge in [0.2, 0.25) is 21.8 Å². The number of hydrogen-bond acceptors (Lipinski definition) is 4. The lowest BCUT2D eigenvalue weighted by Crippen LogP contribution is -2.54. The number of nitrogens with one attached hydrogen (secondary N) is 1. The summed E-state index contributed by atoms with van der Waals surface area (Å²) in [7, 11) is -2.63. The molecule has 0 heterocycles. The van der Waals surface area contributed by atoms with Crippen molar-refractivity contribution in [1.82, 2.24) is 14.5 Å². The molecular weight excluding hydrogens is 570 g/mol. The van der Waals surface area contributed by atoms with Gasteiger partial charge in [0.1, 0.15) is 6.04 Å². The fourth-order valence-electron chi connectivity index (χ4n) is 4.68. The summed E-state index contributed by atoms with van der Waals surface area (Å²) in [5.41, 5.74) is 1.53. The summed E-state index contributed by atoms with van der Waals surface area (Å²) in [6.07, 6.45) is 0.968. The fraction of sp³-hybridized carbons (Fsp3) is 0.273. The molecule has 0 saturated heterocycles. The van der Waals surface area contributed by atoms with Crippen molar-refractivity contribution in [3.05, 3.63) is 113 Å². The zero-order valence-corrected chi connectivity index (χ0v) is 25.6. The van der Waals surface area contributed by atoms with Crippen molar-refractivity contribution in [2.75, 3.05) is 13.6 Å². The van der Waals surface area contributed by atoms with Gasteiger partial charge in [0, 0.05) is 31.1 Å². The minimum atomic E-state index is -4.01. The van der Waals surface area contributed by atoms with Gasteiger partial charge >= 0.3 is 0 Å². The molecule has 0 aromatic heterocycles. The number of carbonyl (C=O) groups is 2. The molecule has 0 saturated carbocycles. The minimum Gasteiger partial charge on any atom is -0.352 e. The van der Waals surface area contributed by atoms with E-state index in [2.05, 4.69) is 5.32 Å². The summed E-state index contributed by atoms with van der Waals surface area (Å²) in [5.74, 6) is -0.823. The third kappa shape index (κ3) is 7.56. The Morgan fingerprint density at radius 1 is 0.881 bits per heavy atom. The average molecular weight is 606 g/mol. The molecule has 9 heteroatoms. The van der Waals surface area contributed by atoms with Gasteiger partial charge in [-0.25, -0.2) is 8.42 Å². The van der Waals surface area contributed by atoms with E-state index < -0.39 is 28.5 Å². The topological polar surface area (TPSA) is 86.8 Å². The summed E-state index contributed by atoms with van der Waals surface area (Å²) in [4.78, 5) is 29.3. The van der Waals surface area contributed by atoms with Crippen LogP contribution in [0.3, 0.4) is 0 Å². The van der Waals surface area contributed by atoms with Crippen molar-refractivity contribution in [3.63, 3.8) is 0 Å². The Labute approximate surface area is 253 Å². The first-order valence-electron chi connectivity index (χ1n) is 13.9. The fourth-order valence-corrected chi connectivity index (χ4v) is 6.03. The summed E-state index contributed by atoms with van der Waals surface area (Å²) >= 11 is 6.49. The molecule has 4 aromatic carbocycles. The normalized spacial score (nSPS) is 13.1. The lowest BCUT2D eigenvalue weighted by atomic mass is 10.0. The number of hydrogen-bond donors (Lipinski definition) is 1. The maximum atomic E-state index is 14.0. The Balaban J connectivity index is 1.68. The van der Waals surface area contributed by atoms with Crippen molar-refractivity contribution in [2.45, 2.75) is 50.2 Å². The van der Waals surface area contributed by atoms with Crippen LogP contribution in [0.4, 0.5) is 0 Å². The number of benzene rings is 4. The van der Waals surface area contributed by atoms with E-state index in [0.29, 0.717) is 10.6 Å². The molecule has 220 valence electrons. The van der Waals surface area contributed by atoms with Crippen LogP contribution in [0, 0.1) is 0 Å². The average Bonchev–Trinajstić information content (AvgIpc) is 2.99. The van der Waals surface area contributed by atoms with Crippen molar-refractivity contribution < 1.29 is 18.0 Å². The van der Waals surface area contributed by atoms with Gasteiger partial charge in [0.25, 0.3) is 0 Å². The molecule has 7 nitrogen and oxygen atoms in total. The Kier molecular flexibility index (Phi) is 10.4. The van der Waals surface area contributed by atoms with E-state index in [9.17, 15) is 18.0 Å². The summed E-state index contributed by atoms with van der Waals surface area (Å²) in [6.45, 7) is 3.45. The molecule has 0 spiro atoms. The van der Waals surface area contributed by atoms with Crippen LogP contribution in [0.2, 0.25) is 5.02 Å². The second kappa shape index (κ2) is 14.0. The molecule has 0 aliphatic carbocycles. The predicted molar refractivity (Wildman–Crippen MR) is 168 cm³/mol. The number of likely N-dealkylation sites (N-methyl/N-ethyl adjacent to an activating group) is 1. The minimum absolute atomic E-state index is 0.0355. The second-order valence-electron chi connectivity index (χ2n) is 10.4. The molecule has 2 atom stereocenters. The molecule has 2 amide bonds. The summed E-state index contributed by atoms with van der Waals surface area (Å²) in [5, 5.41) is 5.16. The molecule has 4 aromatic rings. The highest BCUT2D eigenvalue weighted by molar-refractivity contribution is 7.89. The number of sulfonamides is 1. The number of nitrogens with zero attached hydrogens (tertiary/aromatic N) is 2. The molecule has 0 unspecified atom stereocenters. The Morgan fingerprint density at radius 2 is 1.52 bits per heavy atom. The van der Waals surface area contributed by atoms with E-state index in [1.165, 1.54) is 18.0 Å². The first-order valence-corrected chi connectivity index (χ1v) is 15.7. The van der Waals surface area contributed by atoms with Crippen LogP contribution in [0.5, 0.6) is 0 Å². The predicted octanol–water partition coefficient (Wildman–Crippen LogP) is 5.67. The molecule has 0 fully saturated rings. The van der Waals surface area contributed by atoms with E-state index in [4.69, 9.17) is 11.6 Å². The third-order valence-corrected chi connectivity index (χ3v) is 9.53. The van der Waals surface area contributed by atoms with Crippen molar-refractivity contribution >= 4 is 44.2 Å². The van der Waals surface area contributed by atoms with Gasteiger partial charge in [-0.05, 0) is 53.4 Å². The van der Waals surface area contributed by atoms with Gasteiger partial charge in [-0.1, -0.05) is 97.4 Å². The Hall–Kier alpha value is -3.72. The van der Waals surface area contributed by atoms with E-state index in [-0.39, 0.29) is 29.8 Å². The van der Waals surface area contributed by atoms with Gasteiger partial charge in [0.15, 0.2) is 0 Å². The van der Waals surface area contributed by atoms with Crippen LogP contribution in [0.25, 0.3) is 10.8 Å². The molecule has 0 aliphatic heterocycles. The zero-order valence-electron chi connectivity index (χ0n) is 24.0. The van der Waals surface area contributed by atoms with E-state index in [0.717, 1.165) is 27.1 Å². The van der Waals surface area contributed by atoms with Gasteiger partial charge in [-0.2, -0.15) is 4.31 Å². The molecular formula is C33H36ClN3O4S.